The van der Waals surface area contributed by atoms with Crippen LogP contribution in [0, 0.1) is 5.41 Å². The number of ether oxygens (including phenoxy) is 1. The zero-order chi connectivity index (χ0) is 21.4. The lowest BCUT2D eigenvalue weighted by molar-refractivity contribution is -0.140. The second-order valence-corrected chi connectivity index (χ2v) is 7.49. The number of carbonyl (C=O) groups excluding carboxylic acids is 1. The van der Waals surface area contributed by atoms with E-state index in [4.69, 9.17) is 4.74 Å². The van der Waals surface area contributed by atoms with Crippen LogP contribution in [0.3, 0.4) is 0 Å². The van der Waals surface area contributed by atoms with Crippen molar-refractivity contribution in [1.29, 1.82) is 0 Å². The summed E-state index contributed by atoms with van der Waals surface area (Å²) in [5.41, 5.74) is 1.31. The van der Waals surface area contributed by atoms with Crippen molar-refractivity contribution < 1.29 is 24.5 Å². The third-order valence-corrected chi connectivity index (χ3v) is 5.14. The number of allylic oxidation sites excluding steroid dienone is 3. The van der Waals surface area contributed by atoms with E-state index in [0.717, 1.165) is 11.1 Å². The molecule has 2 aromatic rings. The lowest BCUT2D eigenvalue weighted by Gasteiger charge is -2.34. The summed E-state index contributed by atoms with van der Waals surface area (Å²) >= 11 is 0. The Balaban J connectivity index is 1.69. The molecule has 0 aliphatic heterocycles. The molecule has 6 heteroatoms. The number of aliphatic hydroxyl groups excluding tert-OH is 1. The number of amides is 1. The molecule has 1 aliphatic rings. The maximum absolute atomic E-state index is 12.2. The summed E-state index contributed by atoms with van der Waals surface area (Å²) in [6.45, 7) is 0.0602. The van der Waals surface area contributed by atoms with Crippen LogP contribution in [0.4, 0.5) is 4.79 Å². The van der Waals surface area contributed by atoms with E-state index >= 15 is 0 Å². The van der Waals surface area contributed by atoms with Crippen LogP contribution in [0.5, 0.6) is 0 Å². The maximum Gasteiger partial charge on any atom is 0.408 e. The van der Waals surface area contributed by atoms with Crippen molar-refractivity contribution in [2.45, 2.75) is 31.9 Å². The second kappa shape index (κ2) is 9.78. The number of hydrogen-bond acceptors (Lipinski definition) is 4. The summed E-state index contributed by atoms with van der Waals surface area (Å²) in [5, 5.41) is 21.9. The van der Waals surface area contributed by atoms with Gasteiger partial charge < -0.3 is 20.3 Å². The fourth-order valence-electron chi connectivity index (χ4n) is 3.58. The van der Waals surface area contributed by atoms with Crippen LogP contribution in [0.25, 0.3) is 0 Å². The molecule has 0 heterocycles. The number of aliphatic carboxylic acids is 1. The van der Waals surface area contributed by atoms with Crippen molar-refractivity contribution in [3.05, 3.63) is 95.8 Å². The predicted molar refractivity (Wildman–Crippen MR) is 113 cm³/mol. The van der Waals surface area contributed by atoms with Gasteiger partial charge in [-0.2, -0.15) is 0 Å². The molecule has 0 saturated heterocycles. The summed E-state index contributed by atoms with van der Waals surface area (Å²) in [6, 6.07) is 17.8. The first-order valence-electron chi connectivity index (χ1n) is 9.78. The topological polar surface area (TPSA) is 95.9 Å². The first-order chi connectivity index (χ1) is 14.5. The van der Waals surface area contributed by atoms with Crippen LogP contribution in [0.1, 0.15) is 24.0 Å². The molecular formula is C24H25NO5. The molecule has 0 saturated carbocycles. The van der Waals surface area contributed by atoms with Crippen LogP contribution < -0.4 is 5.32 Å². The molecule has 0 spiro atoms. The SMILES string of the molecule is O=C(N[C@@H](CC1(Cc2ccccc2)C=CC(O)=CC1)C(=O)O)OCc1ccccc1. The van der Waals surface area contributed by atoms with Crippen molar-refractivity contribution in [1.82, 2.24) is 5.32 Å². The predicted octanol–water partition coefficient (Wildman–Crippen LogP) is 4.39. The molecule has 2 atom stereocenters. The highest BCUT2D eigenvalue weighted by Crippen LogP contribution is 2.38. The Hall–Kier alpha value is -3.54. The van der Waals surface area contributed by atoms with Gasteiger partial charge in [0.1, 0.15) is 18.4 Å². The Labute approximate surface area is 175 Å². The van der Waals surface area contributed by atoms with Crippen molar-refractivity contribution in [3.63, 3.8) is 0 Å². The average molecular weight is 407 g/mol. The van der Waals surface area contributed by atoms with Crippen molar-refractivity contribution in [2.24, 2.45) is 5.41 Å². The van der Waals surface area contributed by atoms with E-state index in [-0.39, 0.29) is 18.8 Å². The van der Waals surface area contributed by atoms with Crippen LogP contribution >= 0.6 is 0 Å². The smallest absolute Gasteiger partial charge is 0.408 e. The number of carbonyl (C=O) groups is 2. The van der Waals surface area contributed by atoms with E-state index in [1.54, 1.807) is 12.2 Å². The molecule has 1 unspecified atom stereocenters. The molecule has 1 aliphatic carbocycles. The third-order valence-electron chi connectivity index (χ3n) is 5.14. The summed E-state index contributed by atoms with van der Waals surface area (Å²) in [7, 11) is 0. The quantitative estimate of drug-likeness (QED) is 0.603. The minimum atomic E-state index is -1.13. The minimum Gasteiger partial charge on any atom is -0.508 e. The van der Waals surface area contributed by atoms with Gasteiger partial charge in [0.2, 0.25) is 0 Å². The van der Waals surface area contributed by atoms with Crippen molar-refractivity contribution in [2.75, 3.05) is 0 Å². The van der Waals surface area contributed by atoms with Gasteiger partial charge in [-0.25, -0.2) is 9.59 Å². The highest BCUT2D eigenvalue weighted by atomic mass is 16.5. The standard InChI is InChI=1S/C24H25NO5/c26-20-11-13-24(14-12-20,15-18-7-3-1-4-8-18)16-21(22(27)28)25-23(29)30-17-19-9-5-2-6-10-19/h1-13,21,26H,14-17H2,(H,25,29)(H,27,28)/t21-,24?/m0/s1. The Bertz CT molecular complexity index is 923. The lowest BCUT2D eigenvalue weighted by atomic mass is 9.72. The van der Waals surface area contributed by atoms with Gasteiger partial charge in [0.05, 0.1) is 0 Å². The number of hydrogen-bond donors (Lipinski definition) is 3. The molecule has 3 rings (SSSR count). The molecule has 30 heavy (non-hydrogen) atoms. The molecule has 2 aromatic carbocycles. The zero-order valence-electron chi connectivity index (χ0n) is 16.5. The van der Waals surface area contributed by atoms with Gasteiger partial charge in [-0.3, -0.25) is 0 Å². The largest absolute Gasteiger partial charge is 0.508 e. The highest BCUT2D eigenvalue weighted by molar-refractivity contribution is 5.80. The molecule has 1 amide bonds. The minimum absolute atomic E-state index is 0.0602. The van der Waals surface area contributed by atoms with Crippen LogP contribution in [-0.2, 0) is 22.6 Å². The van der Waals surface area contributed by atoms with Gasteiger partial charge >= 0.3 is 12.1 Å². The number of carboxylic acid groups (broad SMARTS) is 1. The zero-order valence-corrected chi connectivity index (χ0v) is 16.5. The Kier molecular flexibility index (Phi) is 6.91. The van der Waals surface area contributed by atoms with E-state index in [9.17, 15) is 19.8 Å². The van der Waals surface area contributed by atoms with Gasteiger partial charge in [-0.15, -0.1) is 0 Å². The molecule has 156 valence electrons. The second-order valence-electron chi connectivity index (χ2n) is 7.49. The summed E-state index contributed by atoms with van der Waals surface area (Å²) in [5.74, 6) is -0.980. The number of aliphatic hydroxyl groups is 1. The first-order valence-corrected chi connectivity index (χ1v) is 9.78. The maximum atomic E-state index is 12.2. The van der Waals surface area contributed by atoms with Crippen molar-refractivity contribution >= 4 is 12.1 Å². The number of alkyl carbamates (subject to hydrolysis) is 1. The number of nitrogens with one attached hydrogen (secondary N) is 1. The van der Waals surface area contributed by atoms with Gasteiger partial charge in [0.25, 0.3) is 0 Å². The van der Waals surface area contributed by atoms with Crippen LogP contribution in [-0.4, -0.2) is 28.3 Å². The molecule has 6 nitrogen and oxygen atoms in total. The monoisotopic (exact) mass is 407 g/mol. The van der Waals surface area contributed by atoms with E-state index in [0.29, 0.717) is 12.8 Å². The molecule has 3 N–H and O–H groups in total. The molecule has 0 bridgehead atoms. The van der Waals surface area contributed by atoms with E-state index in [2.05, 4.69) is 5.32 Å². The van der Waals surface area contributed by atoms with Gasteiger partial charge in [-0.05, 0) is 48.0 Å². The summed E-state index contributed by atoms with van der Waals surface area (Å²) < 4.78 is 5.18. The Morgan fingerprint density at radius 1 is 1.03 bits per heavy atom. The number of rotatable bonds is 8. The molecule has 0 radical (unpaired) electrons. The third kappa shape index (κ3) is 5.98. The molecule has 0 fully saturated rings. The summed E-state index contributed by atoms with van der Waals surface area (Å²) in [6.07, 6.45) is 5.53. The average Bonchev–Trinajstić information content (AvgIpc) is 2.75. The molecule has 0 aromatic heterocycles. The number of carboxylic acids is 1. The first kappa shape index (κ1) is 21.2. The van der Waals surface area contributed by atoms with Crippen molar-refractivity contribution in [3.8, 4) is 0 Å². The fourth-order valence-corrected chi connectivity index (χ4v) is 3.58. The van der Waals surface area contributed by atoms with Crippen LogP contribution in [0.15, 0.2) is 84.7 Å². The van der Waals surface area contributed by atoms with E-state index in [1.807, 2.05) is 66.7 Å². The van der Waals surface area contributed by atoms with E-state index in [1.165, 1.54) is 0 Å². The molecular weight excluding hydrogens is 382 g/mol. The summed E-state index contributed by atoms with van der Waals surface area (Å²) in [4.78, 5) is 24.1. The van der Waals surface area contributed by atoms with Gasteiger partial charge in [0.15, 0.2) is 0 Å². The lowest BCUT2D eigenvalue weighted by Crippen LogP contribution is -2.45. The van der Waals surface area contributed by atoms with Gasteiger partial charge in [-0.1, -0.05) is 66.7 Å². The normalized spacial score (nSPS) is 18.9. The van der Waals surface area contributed by atoms with E-state index < -0.39 is 23.5 Å². The highest BCUT2D eigenvalue weighted by Gasteiger charge is 2.35. The van der Waals surface area contributed by atoms with Crippen LogP contribution in [0.2, 0.25) is 0 Å². The fraction of sp³-hybridized carbons (Fsp3) is 0.250. The van der Waals surface area contributed by atoms with Gasteiger partial charge in [0, 0.05) is 0 Å². The Morgan fingerprint density at radius 3 is 2.23 bits per heavy atom. The Morgan fingerprint density at radius 2 is 1.67 bits per heavy atom. The number of benzene rings is 2.